The molecule has 0 bridgehead atoms. The van der Waals surface area contributed by atoms with Crippen LogP contribution in [0, 0.1) is 0 Å². The van der Waals surface area contributed by atoms with Crippen molar-refractivity contribution >= 4 is 17.9 Å². The molecule has 0 heterocycles. The molecule has 0 aliphatic carbocycles. The van der Waals surface area contributed by atoms with Crippen LogP contribution in [0.5, 0.6) is 0 Å². The molecule has 0 fully saturated rings. The van der Waals surface area contributed by atoms with Gasteiger partial charge in [0.15, 0.2) is 12.1 Å². The second-order valence-corrected chi connectivity index (χ2v) is 20.2. The fraction of sp³-hybridized carbons (Fsp3) is 0.911. The van der Waals surface area contributed by atoms with Crippen LogP contribution in [-0.2, 0) is 28.6 Å². The molecule has 0 spiro atoms. The van der Waals surface area contributed by atoms with Crippen LogP contribution in [0.3, 0.4) is 0 Å². The van der Waals surface area contributed by atoms with Crippen molar-refractivity contribution < 1.29 is 38.2 Å². The average molecular weight is 907 g/mol. The van der Waals surface area contributed by atoms with E-state index in [1.807, 2.05) is 21.1 Å². The second-order valence-electron chi connectivity index (χ2n) is 20.2. The lowest BCUT2D eigenvalue weighted by Crippen LogP contribution is -2.50. The summed E-state index contributed by atoms with van der Waals surface area (Å²) >= 11 is 0. The van der Waals surface area contributed by atoms with E-state index in [4.69, 9.17) is 14.2 Å². The predicted octanol–water partition coefficient (Wildman–Crippen LogP) is 16.2. The van der Waals surface area contributed by atoms with Crippen molar-refractivity contribution in [3.63, 3.8) is 0 Å². The molecule has 378 valence electrons. The molecule has 0 radical (unpaired) electrons. The van der Waals surface area contributed by atoms with Gasteiger partial charge in [0.1, 0.15) is 6.61 Å². The highest BCUT2D eigenvalue weighted by Gasteiger charge is 2.31. The summed E-state index contributed by atoms with van der Waals surface area (Å²) in [6.45, 7) is 4.79. The Kier molecular flexibility index (Phi) is 46.1. The molecule has 2 unspecified atom stereocenters. The van der Waals surface area contributed by atoms with Gasteiger partial charge in [0.25, 0.3) is 0 Å². The fourth-order valence-electron chi connectivity index (χ4n) is 8.62. The van der Waals surface area contributed by atoms with Crippen molar-refractivity contribution in [1.29, 1.82) is 0 Å². The average Bonchev–Trinajstić information content (AvgIpc) is 3.26. The van der Waals surface area contributed by atoms with Crippen LogP contribution in [0.2, 0.25) is 0 Å². The molecule has 0 aromatic rings. The lowest BCUT2D eigenvalue weighted by molar-refractivity contribution is -0.887. The molecule has 8 nitrogen and oxygen atoms in total. The monoisotopic (exact) mass is 907 g/mol. The van der Waals surface area contributed by atoms with E-state index in [2.05, 4.69) is 26.0 Å². The van der Waals surface area contributed by atoms with E-state index in [1.54, 1.807) is 0 Å². The first-order chi connectivity index (χ1) is 31.1. The standard InChI is InChI=1S/C56H107NO7/c1-6-8-10-12-14-16-18-20-22-24-26-28-30-32-34-36-38-40-42-44-46-54(58)63-51-52(50-62-49-48-53(56(60)61)57(3,4)5)64-55(59)47-45-43-41-39-37-35-33-31-29-27-25-23-21-19-17-15-13-11-9-7-2/h27,29,52-53H,6-26,28,30-51H2,1-5H3/p+1/b29-27+. The predicted molar refractivity (Wildman–Crippen MR) is 271 cm³/mol. The number of unbranched alkanes of at least 4 members (excludes halogenated alkanes) is 35. The van der Waals surface area contributed by atoms with E-state index >= 15 is 0 Å². The van der Waals surface area contributed by atoms with Gasteiger partial charge in [-0.25, -0.2) is 4.79 Å². The Morgan fingerprint density at radius 1 is 0.453 bits per heavy atom. The van der Waals surface area contributed by atoms with E-state index < -0.39 is 18.1 Å². The minimum absolute atomic E-state index is 0.0457. The summed E-state index contributed by atoms with van der Waals surface area (Å²) in [4.78, 5) is 37.2. The third kappa shape index (κ3) is 45.2. The fourth-order valence-corrected chi connectivity index (χ4v) is 8.62. The molecule has 0 aromatic carbocycles. The molecule has 0 aliphatic heterocycles. The van der Waals surface area contributed by atoms with Gasteiger partial charge in [-0.15, -0.1) is 0 Å². The number of aliphatic carboxylic acids is 1. The van der Waals surface area contributed by atoms with Gasteiger partial charge in [-0.1, -0.05) is 231 Å². The number of likely N-dealkylation sites (N-methyl/N-ethyl adjacent to an activating group) is 1. The number of carboxylic acids is 1. The first kappa shape index (κ1) is 62.1. The van der Waals surface area contributed by atoms with E-state index in [-0.39, 0.29) is 36.2 Å². The number of rotatable bonds is 51. The van der Waals surface area contributed by atoms with Crippen LogP contribution in [-0.4, -0.2) is 80.6 Å². The maximum Gasteiger partial charge on any atom is 0.362 e. The number of carboxylic acid groups (broad SMARTS) is 1. The van der Waals surface area contributed by atoms with Gasteiger partial charge in [0, 0.05) is 19.3 Å². The second kappa shape index (κ2) is 47.6. The van der Waals surface area contributed by atoms with Gasteiger partial charge < -0.3 is 23.8 Å². The molecule has 2 atom stereocenters. The Labute approximate surface area is 397 Å². The number of quaternary nitrogens is 1. The number of carbonyl (C=O) groups is 3. The number of nitrogens with zero attached hydrogens (tertiary/aromatic N) is 1. The molecule has 1 N–H and O–H groups in total. The van der Waals surface area contributed by atoms with Gasteiger partial charge >= 0.3 is 17.9 Å². The number of carbonyl (C=O) groups excluding carboxylic acids is 2. The van der Waals surface area contributed by atoms with Gasteiger partial charge in [-0.05, 0) is 38.5 Å². The van der Waals surface area contributed by atoms with Crippen molar-refractivity contribution in [3.05, 3.63) is 12.2 Å². The summed E-state index contributed by atoms with van der Waals surface area (Å²) in [6.07, 6.45) is 54.1. The molecule has 64 heavy (non-hydrogen) atoms. The maximum atomic E-state index is 12.8. The largest absolute Gasteiger partial charge is 0.477 e. The first-order valence-corrected chi connectivity index (χ1v) is 27.7. The van der Waals surface area contributed by atoms with Crippen LogP contribution in [0.1, 0.15) is 277 Å². The Morgan fingerprint density at radius 3 is 1.12 bits per heavy atom. The zero-order valence-corrected chi connectivity index (χ0v) is 43.3. The molecule has 8 heteroatoms. The highest BCUT2D eigenvalue weighted by atomic mass is 16.6. The van der Waals surface area contributed by atoms with E-state index in [0.29, 0.717) is 19.3 Å². The first-order valence-electron chi connectivity index (χ1n) is 27.7. The molecule has 0 saturated heterocycles. The zero-order chi connectivity index (χ0) is 47.0. The Morgan fingerprint density at radius 2 is 0.781 bits per heavy atom. The summed E-state index contributed by atoms with van der Waals surface area (Å²) in [5.74, 6) is -1.45. The smallest absolute Gasteiger partial charge is 0.362 e. The summed E-state index contributed by atoms with van der Waals surface area (Å²) in [6, 6.07) is -0.612. The van der Waals surface area contributed by atoms with Crippen LogP contribution >= 0.6 is 0 Å². The van der Waals surface area contributed by atoms with Crippen molar-refractivity contribution in [2.24, 2.45) is 0 Å². The topological polar surface area (TPSA) is 99.1 Å². The van der Waals surface area contributed by atoms with Gasteiger partial charge in [-0.3, -0.25) is 9.59 Å². The van der Waals surface area contributed by atoms with Crippen molar-refractivity contribution in [2.75, 3.05) is 41.0 Å². The summed E-state index contributed by atoms with van der Waals surface area (Å²) in [5, 5.41) is 9.67. The Bertz CT molecular complexity index is 1060. The molecule has 0 amide bonds. The summed E-state index contributed by atoms with van der Waals surface area (Å²) in [5.41, 5.74) is 0. The Balaban J connectivity index is 4.17. The number of esters is 2. The summed E-state index contributed by atoms with van der Waals surface area (Å²) < 4.78 is 17.4. The lowest BCUT2D eigenvalue weighted by Gasteiger charge is -2.31. The normalized spacial score (nSPS) is 12.8. The van der Waals surface area contributed by atoms with Crippen LogP contribution in [0.4, 0.5) is 0 Å². The number of hydrogen-bond donors (Lipinski definition) is 1. The third-order valence-corrected chi connectivity index (χ3v) is 12.9. The van der Waals surface area contributed by atoms with Crippen LogP contribution in [0.25, 0.3) is 0 Å². The summed E-state index contributed by atoms with van der Waals surface area (Å²) in [7, 11) is 5.55. The molecule has 0 saturated carbocycles. The van der Waals surface area contributed by atoms with Gasteiger partial charge in [0.05, 0.1) is 34.4 Å². The van der Waals surface area contributed by atoms with E-state index in [1.165, 1.54) is 205 Å². The maximum absolute atomic E-state index is 12.8. The van der Waals surface area contributed by atoms with Crippen LogP contribution < -0.4 is 0 Å². The minimum atomic E-state index is -0.870. The third-order valence-electron chi connectivity index (χ3n) is 12.9. The van der Waals surface area contributed by atoms with Crippen LogP contribution in [0.15, 0.2) is 12.2 Å². The quantitative estimate of drug-likeness (QED) is 0.0281. The van der Waals surface area contributed by atoms with Gasteiger partial charge in [0.2, 0.25) is 0 Å². The molecular weight excluding hydrogens is 799 g/mol. The van der Waals surface area contributed by atoms with E-state index in [9.17, 15) is 19.5 Å². The molecule has 0 rings (SSSR count). The highest BCUT2D eigenvalue weighted by Crippen LogP contribution is 2.17. The van der Waals surface area contributed by atoms with E-state index in [0.717, 1.165) is 38.5 Å². The number of allylic oxidation sites excluding steroid dienone is 2. The van der Waals surface area contributed by atoms with Crippen molar-refractivity contribution in [2.45, 2.75) is 289 Å². The molecular formula is C56H108NO7+. The van der Waals surface area contributed by atoms with Crippen molar-refractivity contribution in [1.82, 2.24) is 0 Å². The Hall–Kier alpha value is -1.93. The highest BCUT2D eigenvalue weighted by molar-refractivity contribution is 5.72. The number of ether oxygens (including phenoxy) is 3. The SMILES string of the molecule is CCCCCCCCCCC/C=C/CCCCCCCCCC(=O)OC(COCCC(C(=O)O)[N+](C)(C)C)COC(=O)CCCCCCCCCCCCCCCCCCCCCC. The zero-order valence-electron chi connectivity index (χ0n) is 43.3. The van der Waals surface area contributed by atoms with Crippen molar-refractivity contribution in [3.8, 4) is 0 Å². The lowest BCUT2D eigenvalue weighted by atomic mass is 10.0. The minimum Gasteiger partial charge on any atom is -0.477 e. The molecule has 0 aromatic heterocycles. The van der Waals surface area contributed by atoms with Gasteiger partial charge in [-0.2, -0.15) is 0 Å². The molecule has 0 aliphatic rings. The number of hydrogen-bond acceptors (Lipinski definition) is 6.